The Hall–Kier alpha value is -1.41. The summed E-state index contributed by atoms with van der Waals surface area (Å²) in [6, 6.07) is 9.34. The van der Waals surface area contributed by atoms with E-state index >= 15 is 0 Å². The quantitative estimate of drug-likeness (QED) is 0.898. The van der Waals surface area contributed by atoms with Crippen molar-refractivity contribution >= 4 is 44.6 Å². The van der Waals surface area contributed by atoms with Gasteiger partial charge in [-0.05, 0) is 42.5 Å². The molecule has 1 aliphatic rings. The lowest BCUT2D eigenvalue weighted by Gasteiger charge is -2.22. The zero-order chi connectivity index (χ0) is 16.4. The molecule has 3 rings (SSSR count). The molecule has 0 radical (unpaired) electrons. The van der Waals surface area contributed by atoms with Gasteiger partial charge in [0.05, 0.1) is 0 Å². The highest BCUT2D eigenvalue weighted by Gasteiger charge is 2.39. The fraction of sp³-hybridized carbons (Fsp3) is 0.267. The van der Waals surface area contributed by atoms with Gasteiger partial charge in [0.15, 0.2) is 0 Å². The van der Waals surface area contributed by atoms with Gasteiger partial charge in [-0.25, -0.2) is 8.42 Å². The van der Waals surface area contributed by atoms with Crippen LogP contribution in [-0.4, -0.2) is 31.2 Å². The van der Waals surface area contributed by atoms with Crippen LogP contribution in [-0.2, 0) is 14.8 Å². The van der Waals surface area contributed by atoms with E-state index in [-0.39, 0.29) is 10.1 Å². The summed E-state index contributed by atoms with van der Waals surface area (Å²) in [7, 11) is -3.63. The van der Waals surface area contributed by atoms with E-state index in [0.717, 1.165) is 11.3 Å². The van der Waals surface area contributed by atoms with E-state index in [1.54, 1.807) is 41.8 Å². The van der Waals surface area contributed by atoms with Crippen molar-refractivity contribution in [3.05, 3.63) is 46.8 Å². The van der Waals surface area contributed by atoms with E-state index in [2.05, 4.69) is 5.32 Å². The first-order valence-electron chi connectivity index (χ1n) is 7.10. The molecule has 1 saturated heterocycles. The van der Waals surface area contributed by atoms with Crippen molar-refractivity contribution in [2.75, 3.05) is 11.9 Å². The molecular formula is C15H15ClN2O3S2. The number of amides is 1. The van der Waals surface area contributed by atoms with Gasteiger partial charge >= 0.3 is 0 Å². The number of anilines is 1. The minimum absolute atomic E-state index is 0.264. The lowest BCUT2D eigenvalue weighted by atomic mass is 10.2. The minimum Gasteiger partial charge on any atom is -0.325 e. The molecule has 8 heteroatoms. The molecule has 1 aliphatic heterocycles. The van der Waals surface area contributed by atoms with Crippen LogP contribution < -0.4 is 5.32 Å². The normalized spacial score (nSPS) is 18.9. The van der Waals surface area contributed by atoms with Gasteiger partial charge in [0.1, 0.15) is 10.3 Å². The smallest absolute Gasteiger partial charge is 0.253 e. The molecule has 1 amide bonds. The van der Waals surface area contributed by atoms with Crippen LogP contribution >= 0.6 is 22.9 Å². The molecule has 0 aliphatic carbocycles. The van der Waals surface area contributed by atoms with Crippen LogP contribution in [0.3, 0.4) is 0 Å². The molecule has 122 valence electrons. The molecule has 0 spiro atoms. The maximum Gasteiger partial charge on any atom is 0.253 e. The lowest BCUT2D eigenvalue weighted by Crippen LogP contribution is -2.42. The van der Waals surface area contributed by atoms with Crippen molar-refractivity contribution in [1.82, 2.24) is 4.31 Å². The predicted molar refractivity (Wildman–Crippen MR) is 91.3 cm³/mol. The highest BCUT2D eigenvalue weighted by molar-refractivity contribution is 7.91. The number of nitrogens with zero attached hydrogens (tertiary/aromatic N) is 1. The van der Waals surface area contributed by atoms with E-state index in [1.165, 1.54) is 4.31 Å². The summed E-state index contributed by atoms with van der Waals surface area (Å²) in [6.45, 7) is 0.355. The van der Waals surface area contributed by atoms with E-state index < -0.39 is 16.1 Å². The van der Waals surface area contributed by atoms with Gasteiger partial charge in [-0.1, -0.05) is 23.7 Å². The molecule has 0 bridgehead atoms. The molecule has 1 aromatic carbocycles. The van der Waals surface area contributed by atoms with E-state index in [1.807, 2.05) is 0 Å². The lowest BCUT2D eigenvalue weighted by molar-refractivity contribution is -0.119. The monoisotopic (exact) mass is 370 g/mol. The number of benzene rings is 1. The molecule has 2 heterocycles. The number of hydrogen-bond acceptors (Lipinski definition) is 4. The van der Waals surface area contributed by atoms with Crippen molar-refractivity contribution in [2.45, 2.75) is 23.1 Å². The molecule has 1 atom stereocenters. The molecule has 23 heavy (non-hydrogen) atoms. The van der Waals surface area contributed by atoms with Crippen LogP contribution in [0.25, 0.3) is 0 Å². The van der Waals surface area contributed by atoms with Crippen LogP contribution in [0.15, 0.2) is 46.0 Å². The second-order valence-electron chi connectivity index (χ2n) is 5.21. The van der Waals surface area contributed by atoms with E-state index in [4.69, 9.17) is 11.6 Å². The van der Waals surface area contributed by atoms with Gasteiger partial charge in [-0.3, -0.25) is 4.79 Å². The first-order chi connectivity index (χ1) is 11.0. The second-order valence-corrected chi connectivity index (χ2v) is 8.71. The van der Waals surface area contributed by atoms with Crippen molar-refractivity contribution < 1.29 is 13.2 Å². The summed E-state index contributed by atoms with van der Waals surface area (Å²) in [4.78, 5) is 12.5. The first kappa shape index (κ1) is 16.4. The first-order valence-corrected chi connectivity index (χ1v) is 9.80. The SMILES string of the molecule is O=C(Nc1cccc(Cl)c1)C1CCCN1S(=O)(=O)c1cccs1. The van der Waals surface area contributed by atoms with Crippen LogP contribution in [0, 0.1) is 0 Å². The zero-order valence-corrected chi connectivity index (χ0v) is 14.5. The minimum atomic E-state index is -3.63. The van der Waals surface area contributed by atoms with Gasteiger partial charge in [-0.2, -0.15) is 4.31 Å². The Morgan fingerprint density at radius 3 is 2.83 bits per heavy atom. The van der Waals surface area contributed by atoms with Crippen LogP contribution in [0.1, 0.15) is 12.8 Å². The summed E-state index contributed by atoms with van der Waals surface area (Å²) in [5.74, 6) is -0.329. The fourth-order valence-electron chi connectivity index (χ4n) is 2.61. The summed E-state index contributed by atoms with van der Waals surface area (Å²) in [6.07, 6.45) is 1.18. The maximum atomic E-state index is 12.7. The number of rotatable bonds is 4. The van der Waals surface area contributed by atoms with Gasteiger partial charge < -0.3 is 5.32 Å². The average Bonchev–Trinajstić information content (AvgIpc) is 3.19. The third kappa shape index (κ3) is 3.42. The molecule has 1 aromatic heterocycles. The summed E-state index contributed by atoms with van der Waals surface area (Å²) in [5, 5.41) is 4.97. The van der Waals surface area contributed by atoms with Gasteiger partial charge in [0.25, 0.3) is 10.0 Å². The number of carbonyl (C=O) groups excluding carboxylic acids is 1. The largest absolute Gasteiger partial charge is 0.325 e. The maximum absolute atomic E-state index is 12.7. The number of carbonyl (C=O) groups is 1. The number of hydrogen-bond donors (Lipinski definition) is 1. The third-order valence-electron chi connectivity index (χ3n) is 3.66. The fourth-order valence-corrected chi connectivity index (χ4v) is 5.57. The second kappa shape index (κ2) is 6.60. The number of thiophene rings is 1. The number of halogens is 1. The summed E-state index contributed by atoms with van der Waals surface area (Å²) >= 11 is 7.06. The van der Waals surface area contributed by atoms with Crippen LogP contribution in [0.4, 0.5) is 5.69 Å². The van der Waals surface area contributed by atoms with Crippen molar-refractivity contribution in [1.29, 1.82) is 0 Å². The average molecular weight is 371 g/mol. The molecule has 0 saturated carbocycles. The Kier molecular flexibility index (Phi) is 4.72. The molecule has 1 fully saturated rings. The standard InChI is InChI=1S/C15H15ClN2O3S2/c16-11-4-1-5-12(10-11)17-15(19)13-6-2-8-18(13)23(20,21)14-7-3-9-22-14/h1,3-5,7,9-10,13H,2,6,8H2,(H,17,19). The number of sulfonamides is 1. The number of nitrogens with one attached hydrogen (secondary N) is 1. The van der Waals surface area contributed by atoms with Crippen LogP contribution in [0.5, 0.6) is 0 Å². The molecule has 1 N–H and O–H groups in total. The third-order valence-corrected chi connectivity index (χ3v) is 7.17. The molecule has 1 unspecified atom stereocenters. The van der Waals surface area contributed by atoms with Gasteiger partial charge in [-0.15, -0.1) is 11.3 Å². The van der Waals surface area contributed by atoms with E-state index in [0.29, 0.717) is 30.1 Å². The van der Waals surface area contributed by atoms with E-state index in [9.17, 15) is 13.2 Å². The highest BCUT2D eigenvalue weighted by Crippen LogP contribution is 2.29. The van der Waals surface area contributed by atoms with Gasteiger partial charge in [0.2, 0.25) is 5.91 Å². The van der Waals surface area contributed by atoms with Crippen molar-refractivity contribution in [3.8, 4) is 0 Å². The van der Waals surface area contributed by atoms with Crippen LogP contribution in [0.2, 0.25) is 5.02 Å². The molecule has 2 aromatic rings. The molecular weight excluding hydrogens is 356 g/mol. The molecule has 5 nitrogen and oxygen atoms in total. The topological polar surface area (TPSA) is 66.5 Å². The summed E-state index contributed by atoms with van der Waals surface area (Å²) in [5.41, 5.74) is 0.558. The highest BCUT2D eigenvalue weighted by atomic mass is 35.5. The van der Waals surface area contributed by atoms with Crippen molar-refractivity contribution in [2.24, 2.45) is 0 Å². The van der Waals surface area contributed by atoms with Gasteiger partial charge in [0, 0.05) is 17.3 Å². The predicted octanol–water partition coefficient (Wildman–Crippen LogP) is 3.19. The summed E-state index contributed by atoms with van der Waals surface area (Å²) < 4.78 is 26.9. The zero-order valence-electron chi connectivity index (χ0n) is 12.1. The van der Waals surface area contributed by atoms with Crippen molar-refractivity contribution in [3.63, 3.8) is 0 Å². The Morgan fingerprint density at radius 1 is 1.30 bits per heavy atom. The Balaban J connectivity index is 1.80. The Morgan fingerprint density at radius 2 is 2.13 bits per heavy atom. The Labute approximate surface area is 143 Å². The Bertz CT molecular complexity index is 806.